The molecule has 0 radical (unpaired) electrons. The molecule has 0 unspecified atom stereocenters. The smallest absolute Gasteiger partial charge is 0.331 e. The number of unbranched alkanes of at least 4 members (excludes halogenated alkanes) is 6. The molecule has 0 amide bonds. The molecule has 0 aromatic heterocycles. The number of hydrogen-bond acceptors (Lipinski definition) is 3. The van der Waals surface area contributed by atoms with E-state index in [2.05, 4.69) is 11.7 Å². The Morgan fingerprint density at radius 1 is 1.06 bits per heavy atom. The van der Waals surface area contributed by atoms with Gasteiger partial charge in [-0.05, 0) is 12.8 Å². The molecule has 90 valence electrons. The SMILES string of the molecule is CCCCCCCC/C=C\C1C(=O)OC1=O. The van der Waals surface area contributed by atoms with Crippen LogP contribution in [0, 0.1) is 5.92 Å². The highest BCUT2D eigenvalue weighted by molar-refractivity contribution is 6.11. The molecule has 1 fully saturated rings. The number of allylic oxidation sites excluding steroid dienone is 1. The molecule has 0 N–H and O–H groups in total. The highest BCUT2D eigenvalue weighted by Crippen LogP contribution is 2.16. The predicted molar refractivity (Wildman–Crippen MR) is 61.7 cm³/mol. The molecular weight excluding hydrogens is 204 g/mol. The van der Waals surface area contributed by atoms with E-state index >= 15 is 0 Å². The van der Waals surface area contributed by atoms with Gasteiger partial charge in [-0.25, -0.2) is 0 Å². The molecule has 16 heavy (non-hydrogen) atoms. The molecule has 0 bridgehead atoms. The molecule has 0 aromatic carbocycles. The minimum atomic E-state index is -0.611. The maximum absolute atomic E-state index is 10.8. The van der Waals surface area contributed by atoms with E-state index in [0.717, 1.165) is 12.8 Å². The molecule has 1 rings (SSSR count). The Bertz CT molecular complexity index is 254. The van der Waals surface area contributed by atoms with Crippen molar-refractivity contribution < 1.29 is 14.3 Å². The molecule has 0 aliphatic carbocycles. The second-order valence-corrected chi connectivity index (χ2v) is 4.20. The van der Waals surface area contributed by atoms with Crippen LogP contribution in [0.5, 0.6) is 0 Å². The van der Waals surface area contributed by atoms with Crippen molar-refractivity contribution in [2.75, 3.05) is 0 Å². The van der Waals surface area contributed by atoms with Gasteiger partial charge < -0.3 is 4.74 Å². The molecule has 1 saturated heterocycles. The van der Waals surface area contributed by atoms with Gasteiger partial charge in [0.05, 0.1) is 0 Å². The maximum atomic E-state index is 10.8. The van der Waals surface area contributed by atoms with Crippen molar-refractivity contribution in [1.82, 2.24) is 0 Å². The van der Waals surface area contributed by atoms with E-state index in [4.69, 9.17) is 0 Å². The first-order valence-electron chi connectivity index (χ1n) is 6.18. The van der Waals surface area contributed by atoms with Crippen molar-refractivity contribution in [2.24, 2.45) is 5.92 Å². The van der Waals surface area contributed by atoms with Crippen molar-refractivity contribution in [2.45, 2.75) is 51.9 Å². The van der Waals surface area contributed by atoms with Crippen LogP contribution in [0.4, 0.5) is 0 Å². The summed E-state index contributed by atoms with van der Waals surface area (Å²) in [6, 6.07) is 0. The number of cyclic esters (lactones) is 2. The van der Waals surface area contributed by atoms with Gasteiger partial charge in [0.25, 0.3) is 0 Å². The minimum absolute atomic E-state index is 0.413. The molecule has 1 heterocycles. The van der Waals surface area contributed by atoms with Crippen molar-refractivity contribution in [3.05, 3.63) is 12.2 Å². The van der Waals surface area contributed by atoms with E-state index in [1.54, 1.807) is 6.08 Å². The Balaban J connectivity index is 1.96. The largest absolute Gasteiger partial charge is 0.391 e. The van der Waals surface area contributed by atoms with Crippen LogP contribution < -0.4 is 0 Å². The lowest BCUT2D eigenvalue weighted by molar-refractivity contribution is -0.180. The molecule has 0 aromatic rings. The van der Waals surface area contributed by atoms with E-state index < -0.39 is 17.9 Å². The molecule has 0 spiro atoms. The Morgan fingerprint density at radius 3 is 2.31 bits per heavy atom. The fraction of sp³-hybridized carbons (Fsp3) is 0.692. The first-order chi connectivity index (χ1) is 7.75. The van der Waals surface area contributed by atoms with E-state index in [1.165, 1.54) is 32.1 Å². The summed E-state index contributed by atoms with van der Waals surface area (Å²) in [6.07, 6.45) is 12.1. The molecule has 1 aliphatic heterocycles. The Labute approximate surface area is 96.9 Å². The number of carbonyl (C=O) groups is 2. The van der Waals surface area contributed by atoms with Crippen molar-refractivity contribution >= 4 is 11.9 Å². The lowest BCUT2D eigenvalue weighted by Gasteiger charge is -2.17. The predicted octanol–water partition coefficient (Wildman–Crippen LogP) is 2.99. The zero-order chi connectivity index (χ0) is 11.8. The Hall–Kier alpha value is -1.12. The van der Waals surface area contributed by atoms with Gasteiger partial charge in [0.2, 0.25) is 0 Å². The molecule has 1 aliphatic rings. The lowest BCUT2D eigenvalue weighted by atomic mass is 10.0. The quantitative estimate of drug-likeness (QED) is 0.275. The topological polar surface area (TPSA) is 43.4 Å². The second kappa shape index (κ2) is 7.20. The van der Waals surface area contributed by atoms with E-state index in [0.29, 0.717) is 0 Å². The van der Waals surface area contributed by atoms with Gasteiger partial charge in [0.1, 0.15) is 0 Å². The molecule has 3 heteroatoms. The Kier molecular flexibility index (Phi) is 5.83. The molecule has 0 atom stereocenters. The summed E-state index contributed by atoms with van der Waals surface area (Å²) < 4.78 is 4.24. The summed E-state index contributed by atoms with van der Waals surface area (Å²) in [5.74, 6) is -1.44. The molecule has 3 nitrogen and oxygen atoms in total. The van der Waals surface area contributed by atoms with Crippen molar-refractivity contribution in [3.8, 4) is 0 Å². The Morgan fingerprint density at radius 2 is 1.69 bits per heavy atom. The van der Waals surface area contributed by atoms with Crippen LogP contribution in [0.3, 0.4) is 0 Å². The van der Waals surface area contributed by atoms with Gasteiger partial charge in [-0.1, -0.05) is 51.2 Å². The number of ether oxygens (including phenoxy) is 1. The number of rotatable bonds is 8. The van der Waals surface area contributed by atoms with E-state index in [-0.39, 0.29) is 0 Å². The van der Waals surface area contributed by atoms with E-state index in [9.17, 15) is 9.59 Å². The zero-order valence-electron chi connectivity index (χ0n) is 9.91. The average molecular weight is 224 g/mol. The monoisotopic (exact) mass is 224 g/mol. The van der Waals surface area contributed by atoms with Crippen LogP contribution in [-0.4, -0.2) is 11.9 Å². The van der Waals surface area contributed by atoms with Crippen LogP contribution in [0.15, 0.2) is 12.2 Å². The number of carbonyl (C=O) groups excluding carboxylic acids is 2. The average Bonchev–Trinajstić information content (AvgIpc) is 2.27. The van der Waals surface area contributed by atoms with Crippen LogP contribution in [-0.2, 0) is 14.3 Å². The van der Waals surface area contributed by atoms with E-state index in [1.807, 2.05) is 6.08 Å². The van der Waals surface area contributed by atoms with Crippen LogP contribution in [0.25, 0.3) is 0 Å². The van der Waals surface area contributed by atoms with Gasteiger partial charge in [0, 0.05) is 0 Å². The summed E-state index contributed by atoms with van der Waals surface area (Å²) in [7, 11) is 0. The van der Waals surface area contributed by atoms with Crippen molar-refractivity contribution in [3.63, 3.8) is 0 Å². The van der Waals surface area contributed by atoms with Gasteiger partial charge in [-0.2, -0.15) is 0 Å². The second-order valence-electron chi connectivity index (χ2n) is 4.20. The van der Waals surface area contributed by atoms with Crippen LogP contribution in [0.1, 0.15) is 51.9 Å². The fourth-order valence-corrected chi connectivity index (χ4v) is 1.70. The normalized spacial score (nSPS) is 16.6. The highest BCUT2D eigenvalue weighted by atomic mass is 16.6. The maximum Gasteiger partial charge on any atom is 0.331 e. The third-order valence-electron chi connectivity index (χ3n) is 2.76. The summed E-state index contributed by atoms with van der Waals surface area (Å²) in [5, 5.41) is 0. The zero-order valence-corrected chi connectivity index (χ0v) is 9.91. The van der Waals surface area contributed by atoms with Gasteiger partial charge in [0.15, 0.2) is 5.92 Å². The van der Waals surface area contributed by atoms with Crippen LogP contribution in [0.2, 0.25) is 0 Å². The van der Waals surface area contributed by atoms with Gasteiger partial charge in [-0.3, -0.25) is 9.59 Å². The minimum Gasteiger partial charge on any atom is -0.391 e. The fourth-order valence-electron chi connectivity index (χ4n) is 1.70. The molecular formula is C13H20O3. The molecule has 0 saturated carbocycles. The van der Waals surface area contributed by atoms with Gasteiger partial charge >= 0.3 is 11.9 Å². The first-order valence-corrected chi connectivity index (χ1v) is 6.18. The van der Waals surface area contributed by atoms with Gasteiger partial charge in [-0.15, -0.1) is 0 Å². The number of hydrogen-bond donors (Lipinski definition) is 0. The first kappa shape index (κ1) is 12.9. The van der Waals surface area contributed by atoms with Crippen molar-refractivity contribution in [1.29, 1.82) is 0 Å². The standard InChI is InChI=1S/C13H20O3/c1-2-3-4-5-6-7-8-9-10-11-12(14)16-13(11)15/h9-11H,2-8H2,1H3/b10-9-. The summed E-state index contributed by atoms with van der Waals surface area (Å²) >= 11 is 0. The van der Waals surface area contributed by atoms with Crippen LogP contribution >= 0.6 is 0 Å². The summed E-state index contributed by atoms with van der Waals surface area (Å²) in [6.45, 7) is 2.21. The summed E-state index contributed by atoms with van der Waals surface area (Å²) in [4.78, 5) is 21.6. The third-order valence-corrected chi connectivity index (χ3v) is 2.76. The number of esters is 2. The summed E-state index contributed by atoms with van der Waals surface area (Å²) in [5.41, 5.74) is 0. The lowest BCUT2D eigenvalue weighted by Crippen LogP contribution is -2.39. The highest BCUT2D eigenvalue weighted by Gasteiger charge is 2.39. The third kappa shape index (κ3) is 4.17.